The summed E-state index contributed by atoms with van der Waals surface area (Å²) in [5.74, 6) is 2.51. The Morgan fingerprint density at radius 2 is 1.83 bits per heavy atom. The van der Waals surface area contributed by atoms with Crippen LogP contribution in [0.1, 0.15) is 24.2 Å². The molecule has 0 radical (unpaired) electrons. The molecule has 1 aliphatic rings. The lowest BCUT2D eigenvalue weighted by Crippen LogP contribution is -2.40. The standard InChI is InChI=1S/C22H30N4O3/c1-28-19-8-6-18(7-9-19)10-12-23-22(24-13-11-20-5-4-16-29-20)25-17-21(27)26-14-2-3-15-26/h4-9,16H,2-3,10-15,17H2,1H3,(H2,23,24,25). The largest absolute Gasteiger partial charge is 0.497 e. The SMILES string of the molecule is COc1ccc(CCNC(=NCC(=O)N2CCCC2)NCCc2ccco2)cc1. The molecule has 7 nitrogen and oxygen atoms in total. The van der Waals surface area contributed by atoms with Crippen molar-refractivity contribution in [2.75, 3.05) is 39.8 Å². The number of carbonyl (C=O) groups excluding carboxylic acids is 1. The first-order valence-electron chi connectivity index (χ1n) is 10.2. The van der Waals surface area contributed by atoms with Crippen LogP contribution in [0.5, 0.6) is 5.75 Å². The number of carbonyl (C=O) groups is 1. The van der Waals surface area contributed by atoms with E-state index < -0.39 is 0 Å². The molecule has 1 aromatic heterocycles. The number of amides is 1. The topological polar surface area (TPSA) is 79.1 Å². The van der Waals surface area contributed by atoms with E-state index in [1.807, 2.05) is 29.2 Å². The Morgan fingerprint density at radius 1 is 1.10 bits per heavy atom. The summed E-state index contributed by atoms with van der Waals surface area (Å²) in [7, 11) is 1.66. The highest BCUT2D eigenvalue weighted by Crippen LogP contribution is 2.11. The number of hydrogen-bond donors (Lipinski definition) is 2. The van der Waals surface area contributed by atoms with Crippen molar-refractivity contribution in [2.45, 2.75) is 25.7 Å². The molecule has 3 rings (SSSR count). The van der Waals surface area contributed by atoms with Crippen molar-refractivity contribution in [2.24, 2.45) is 4.99 Å². The van der Waals surface area contributed by atoms with Gasteiger partial charge in [0.2, 0.25) is 5.91 Å². The van der Waals surface area contributed by atoms with Crippen LogP contribution in [0.15, 0.2) is 52.1 Å². The Labute approximate surface area is 172 Å². The van der Waals surface area contributed by atoms with E-state index in [1.54, 1.807) is 13.4 Å². The molecule has 1 aliphatic heterocycles. The zero-order valence-corrected chi connectivity index (χ0v) is 17.0. The second-order valence-corrected chi connectivity index (χ2v) is 7.03. The minimum atomic E-state index is 0.0878. The smallest absolute Gasteiger partial charge is 0.244 e. The van der Waals surface area contributed by atoms with E-state index in [1.165, 1.54) is 5.56 Å². The molecule has 1 amide bonds. The summed E-state index contributed by atoms with van der Waals surface area (Å²) in [5.41, 5.74) is 1.21. The normalized spacial score (nSPS) is 14.1. The van der Waals surface area contributed by atoms with Crippen LogP contribution in [0.4, 0.5) is 0 Å². The molecule has 0 spiro atoms. The van der Waals surface area contributed by atoms with Crippen LogP contribution in [0, 0.1) is 0 Å². The fourth-order valence-corrected chi connectivity index (χ4v) is 3.26. The van der Waals surface area contributed by atoms with Crippen molar-refractivity contribution in [3.05, 3.63) is 54.0 Å². The summed E-state index contributed by atoms with van der Waals surface area (Å²) < 4.78 is 10.6. The van der Waals surface area contributed by atoms with Crippen molar-refractivity contribution < 1.29 is 13.9 Å². The Bertz CT molecular complexity index is 766. The number of hydrogen-bond acceptors (Lipinski definition) is 4. The molecule has 29 heavy (non-hydrogen) atoms. The maximum atomic E-state index is 12.3. The van der Waals surface area contributed by atoms with Crippen LogP contribution in [0.25, 0.3) is 0 Å². The van der Waals surface area contributed by atoms with Crippen molar-refractivity contribution >= 4 is 11.9 Å². The predicted octanol–water partition coefficient (Wildman–Crippen LogP) is 2.23. The van der Waals surface area contributed by atoms with Gasteiger partial charge >= 0.3 is 0 Å². The van der Waals surface area contributed by atoms with Gasteiger partial charge in [0.15, 0.2) is 5.96 Å². The van der Waals surface area contributed by atoms with Gasteiger partial charge in [-0.15, -0.1) is 0 Å². The summed E-state index contributed by atoms with van der Waals surface area (Å²) in [5, 5.41) is 6.63. The van der Waals surface area contributed by atoms with E-state index in [-0.39, 0.29) is 12.5 Å². The first-order chi connectivity index (χ1) is 14.2. The Hall–Kier alpha value is -2.96. The van der Waals surface area contributed by atoms with Crippen LogP contribution >= 0.6 is 0 Å². The van der Waals surface area contributed by atoms with Gasteiger partial charge < -0.3 is 24.7 Å². The lowest BCUT2D eigenvalue weighted by Gasteiger charge is -2.15. The van der Waals surface area contributed by atoms with Gasteiger partial charge in [0.05, 0.1) is 13.4 Å². The number of rotatable bonds is 9. The fraction of sp³-hybridized carbons (Fsp3) is 0.455. The van der Waals surface area contributed by atoms with Crippen molar-refractivity contribution in [3.8, 4) is 5.75 Å². The predicted molar refractivity (Wildman–Crippen MR) is 113 cm³/mol. The summed E-state index contributed by atoms with van der Waals surface area (Å²) in [6.45, 7) is 3.26. The van der Waals surface area contributed by atoms with Crippen LogP contribution in [-0.4, -0.2) is 56.6 Å². The summed E-state index contributed by atoms with van der Waals surface area (Å²) in [6, 6.07) is 11.9. The monoisotopic (exact) mass is 398 g/mol. The van der Waals surface area contributed by atoms with E-state index in [9.17, 15) is 4.79 Å². The van der Waals surface area contributed by atoms with E-state index >= 15 is 0 Å². The average molecular weight is 399 g/mol. The third kappa shape index (κ3) is 6.85. The minimum Gasteiger partial charge on any atom is -0.497 e. The van der Waals surface area contributed by atoms with Crippen molar-refractivity contribution in [1.82, 2.24) is 15.5 Å². The quantitative estimate of drug-likeness (QED) is 0.500. The molecule has 2 N–H and O–H groups in total. The summed E-state index contributed by atoms with van der Waals surface area (Å²) in [4.78, 5) is 18.7. The molecule has 1 saturated heterocycles. The second-order valence-electron chi connectivity index (χ2n) is 7.03. The van der Waals surface area contributed by atoms with E-state index in [0.717, 1.165) is 56.8 Å². The number of nitrogens with one attached hydrogen (secondary N) is 2. The Morgan fingerprint density at radius 3 is 2.48 bits per heavy atom. The molecule has 1 aromatic carbocycles. The maximum absolute atomic E-state index is 12.3. The van der Waals surface area contributed by atoms with Gasteiger partial charge in [0.25, 0.3) is 0 Å². The molecule has 1 fully saturated rings. The number of guanidine groups is 1. The number of ether oxygens (including phenoxy) is 1. The van der Waals surface area contributed by atoms with Crippen molar-refractivity contribution in [3.63, 3.8) is 0 Å². The third-order valence-electron chi connectivity index (χ3n) is 4.94. The number of furan rings is 1. The van der Waals surface area contributed by atoms with Crippen LogP contribution in [0.2, 0.25) is 0 Å². The lowest BCUT2D eigenvalue weighted by atomic mass is 10.1. The number of benzene rings is 1. The van der Waals surface area contributed by atoms with Gasteiger partial charge in [-0.05, 0) is 49.1 Å². The first-order valence-corrected chi connectivity index (χ1v) is 10.2. The zero-order valence-electron chi connectivity index (χ0n) is 17.0. The van der Waals surface area contributed by atoms with Gasteiger partial charge in [0.1, 0.15) is 18.1 Å². The molecule has 2 aromatic rings. The Balaban J connectivity index is 1.50. The van der Waals surface area contributed by atoms with Crippen LogP contribution in [-0.2, 0) is 17.6 Å². The molecule has 0 unspecified atom stereocenters. The molecule has 0 aliphatic carbocycles. The number of methoxy groups -OCH3 is 1. The summed E-state index contributed by atoms with van der Waals surface area (Å²) >= 11 is 0. The minimum absolute atomic E-state index is 0.0878. The van der Waals surface area contributed by atoms with E-state index in [4.69, 9.17) is 9.15 Å². The maximum Gasteiger partial charge on any atom is 0.244 e. The third-order valence-corrected chi connectivity index (χ3v) is 4.94. The summed E-state index contributed by atoms with van der Waals surface area (Å²) in [6.07, 6.45) is 5.45. The molecule has 0 saturated carbocycles. The van der Waals surface area contributed by atoms with Crippen LogP contribution < -0.4 is 15.4 Å². The molecule has 2 heterocycles. The van der Waals surface area contributed by atoms with Gasteiger partial charge in [-0.25, -0.2) is 4.99 Å². The highest BCUT2D eigenvalue weighted by Gasteiger charge is 2.17. The average Bonchev–Trinajstić information content (AvgIpc) is 3.46. The van der Waals surface area contributed by atoms with E-state index in [0.29, 0.717) is 12.5 Å². The van der Waals surface area contributed by atoms with Gasteiger partial charge in [-0.2, -0.15) is 0 Å². The molecular weight excluding hydrogens is 368 g/mol. The molecule has 0 atom stereocenters. The van der Waals surface area contributed by atoms with E-state index in [2.05, 4.69) is 27.8 Å². The molecular formula is C22H30N4O3. The number of aliphatic imine (C=N–C) groups is 1. The highest BCUT2D eigenvalue weighted by molar-refractivity contribution is 5.85. The van der Waals surface area contributed by atoms with Gasteiger partial charge in [-0.1, -0.05) is 12.1 Å². The molecule has 7 heteroatoms. The highest BCUT2D eigenvalue weighted by atomic mass is 16.5. The fourth-order valence-electron chi connectivity index (χ4n) is 3.26. The van der Waals surface area contributed by atoms with Gasteiger partial charge in [-0.3, -0.25) is 4.79 Å². The van der Waals surface area contributed by atoms with Gasteiger partial charge in [0, 0.05) is 32.6 Å². The Kier molecular flexibility index (Phi) is 7.98. The molecule has 156 valence electrons. The first kappa shape index (κ1) is 20.8. The number of likely N-dealkylation sites (tertiary alicyclic amines) is 1. The van der Waals surface area contributed by atoms with Crippen molar-refractivity contribution in [1.29, 1.82) is 0 Å². The second kappa shape index (κ2) is 11.1. The van der Waals surface area contributed by atoms with Crippen LogP contribution in [0.3, 0.4) is 0 Å². The zero-order chi connectivity index (χ0) is 20.3. The number of nitrogens with zero attached hydrogens (tertiary/aromatic N) is 2. The molecule has 0 bridgehead atoms. The lowest BCUT2D eigenvalue weighted by molar-refractivity contribution is -0.128.